The van der Waals surface area contributed by atoms with E-state index in [4.69, 9.17) is 49.1 Å². The predicted molar refractivity (Wildman–Crippen MR) is 377 cm³/mol. The fourth-order valence-electron chi connectivity index (χ4n) is 10.7. The lowest BCUT2D eigenvalue weighted by atomic mass is 9.98. The third kappa shape index (κ3) is 19.2. The van der Waals surface area contributed by atoms with Gasteiger partial charge in [-0.05, 0) is 90.1 Å². The van der Waals surface area contributed by atoms with Gasteiger partial charge in [0, 0.05) is 128 Å². The van der Waals surface area contributed by atoms with Gasteiger partial charge < -0.3 is 28.7 Å². The Morgan fingerprint density at radius 3 is 1.34 bits per heavy atom. The molecule has 8 heterocycles. The minimum absolute atomic E-state index is 0.00778. The molecule has 2 saturated heterocycles. The van der Waals surface area contributed by atoms with Crippen LogP contribution in [0.4, 0.5) is 11.6 Å². The molecule has 18 nitrogen and oxygen atoms in total. The van der Waals surface area contributed by atoms with E-state index >= 15 is 0 Å². The highest BCUT2D eigenvalue weighted by Gasteiger charge is 2.33. The fourth-order valence-corrected chi connectivity index (χ4v) is 17.5. The number of nitrogens with zero attached hydrogens (tertiary/aromatic N) is 10. The van der Waals surface area contributed by atoms with Gasteiger partial charge in [-0.2, -0.15) is 19.2 Å². The maximum Gasteiger partial charge on any atom is 0.165 e. The number of ether oxygens (including phenoxy) is 4. The average Bonchev–Trinajstić information content (AvgIpc) is 1.79. The van der Waals surface area contributed by atoms with Crippen molar-refractivity contribution in [1.82, 2.24) is 39.2 Å². The van der Waals surface area contributed by atoms with Crippen LogP contribution in [0.3, 0.4) is 0 Å². The molecule has 0 N–H and O–H groups in total. The summed E-state index contributed by atoms with van der Waals surface area (Å²) in [6.07, 6.45) is 9.62. The molecule has 2 aliphatic rings. The number of pyridine rings is 2. The van der Waals surface area contributed by atoms with E-state index in [1.807, 2.05) is 70.2 Å². The summed E-state index contributed by atoms with van der Waals surface area (Å²) in [6, 6.07) is 26.7. The van der Waals surface area contributed by atoms with Crippen LogP contribution >= 0.6 is 15.9 Å². The van der Waals surface area contributed by atoms with E-state index in [9.17, 15) is 16.8 Å². The van der Waals surface area contributed by atoms with Gasteiger partial charge in [-0.1, -0.05) is 115 Å². The van der Waals surface area contributed by atoms with Crippen molar-refractivity contribution >= 4 is 113 Å². The van der Waals surface area contributed by atoms with Gasteiger partial charge in [0.15, 0.2) is 17.1 Å². The maximum atomic E-state index is 12.4. The summed E-state index contributed by atoms with van der Waals surface area (Å²) in [6.45, 7) is 32.3. The van der Waals surface area contributed by atoms with Crippen molar-refractivity contribution in [3.8, 4) is 22.3 Å². The van der Waals surface area contributed by atoms with Crippen molar-refractivity contribution in [3.63, 3.8) is 0 Å². The number of rotatable bonds is 26. The molecule has 0 bridgehead atoms. The molecule has 0 aliphatic carbocycles. The van der Waals surface area contributed by atoms with Crippen LogP contribution in [0, 0.1) is 0 Å². The number of hydrogen-bond acceptors (Lipinski definition) is 16. The van der Waals surface area contributed by atoms with Gasteiger partial charge in [0.25, 0.3) is 0 Å². The van der Waals surface area contributed by atoms with Crippen LogP contribution in [-0.4, -0.2) is 165 Å². The molecule has 0 saturated carbocycles. The molecule has 2 aromatic carbocycles. The molecule has 89 heavy (non-hydrogen) atoms. The van der Waals surface area contributed by atoms with Crippen LogP contribution < -0.4 is 9.80 Å². The van der Waals surface area contributed by atoms with E-state index in [-0.39, 0.29) is 34.8 Å². The molecular weight excluding hydrogens is 1290 g/mol. The summed E-state index contributed by atoms with van der Waals surface area (Å²) in [5.41, 5.74) is 8.61. The highest BCUT2D eigenvalue weighted by Crippen LogP contribution is 2.41. The first-order chi connectivity index (χ1) is 42.0. The van der Waals surface area contributed by atoms with Crippen LogP contribution in [0.15, 0.2) is 96.0 Å². The number of benzene rings is 2. The summed E-state index contributed by atoms with van der Waals surface area (Å²) >= 11 is 3.92. The summed E-state index contributed by atoms with van der Waals surface area (Å²) in [5, 5.41) is 11.8. The Morgan fingerprint density at radius 1 is 0.506 bits per heavy atom. The molecular formula is C64H93BrN10O8S2Si4. The summed E-state index contributed by atoms with van der Waals surface area (Å²) in [4.78, 5) is 23.9. The van der Waals surface area contributed by atoms with Crippen LogP contribution in [0.2, 0.25) is 103 Å². The predicted octanol–water partition coefficient (Wildman–Crippen LogP) is 14.1. The van der Waals surface area contributed by atoms with Gasteiger partial charge in [-0.3, -0.25) is 9.97 Å². The van der Waals surface area contributed by atoms with Crippen molar-refractivity contribution in [2.45, 2.75) is 140 Å². The van der Waals surface area contributed by atoms with Gasteiger partial charge in [0.1, 0.15) is 52.4 Å². The second kappa shape index (κ2) is 29.0. The van der Waals surface area contributed by atoms with Gasteiger partial charge in [0.2, 0.25) is 0 Å². The first-order valence-corrected chi connectivity index (χ1v) is 50.6. The summed E-state index contributed by atoms with van der Waals surface area (Å²) in [5.74, 6) is 2.36. The maximum absolute atomic E-state index is 12.4. The van der Waals surface area contributed by atoms with Gasteiger partial charge in [-0.15, -0.1) is 0 Å². The van der Waals surface area contributed by atoms with Gasteiger partial charge >= 0.3 is 0 Å². The monoisotopic (exact) mass is 1380 g/mol. The van der Waals surface area contributed by atoms with Crippen molar-refractivity contribution in [2.24, 2.45) is 0 Å². The van der Waals surface area contributed by atoms with Crippen molar-refractivity contribution in [2.75, 3.05) is 86.2 Å². The van der Waals surface area contributed by atoms with Crippen LogP contribution in [0.1, 0.15) is 48.9 Å². The van der Waals surface area contributed by atoms with Crippen molar-refractivity contribution in [1.29, 1.82) is 0 Å². The van der Waals surface area contributed by atoms with E-state index in [0.717, 1.165) is 101 Å². The molecule has 10 rings (SSSR count). The first kappa shape index (κ1) is 68.6. The standard InChI is InChI=1S/C32H46BrN5O4SSi2.C32H47N5O4SSi2/c1-44(2,3)17-13-41-22-37(23-42-14-18-45(4,5)6)32-29(33)30(24-11-15-43(39,40)16-12-24)36-31-27(21-35-38(31)32)26-19-25-9-7-8-10-28(25)34-20-26;1-43(2,3)17-13-40-23-36(24-41-14-18-44(4,5)6)31-20-30(25-11-15-42(38,39)16-12-25)35-32-28(22-34-37(31)32)27-19-26-9-7-8-10-29(26)33-21-27/h7-10,19-21,24H,11-18,22-23H2,1-6H3;7-10,19-22,25H,11-18,23-24H2,1-6H3. The summed E-state index contributed by atoms with van der Waals surface area (Å²) < 4.78 is 78.9. The number of hydrogen-bond donors (Lipinski definition) is 0. The van der Waals surface area contributed by atoms with Crippen LogP contribution in [0.25, 0.3) is 55.4 Å². The van der Waals surface area contributed by atoms with E-state index in [2.05, 4.69) is 135 Å². The zero-order valence-electron chi connectivity index (χ0n) is 54.4. The normalized spacial score (nSPS) is 16.1. The topological polar surface area (TPSA) is 198 Å². The molecule has 2 aliphatic heterocycles. The third-order valence-electron chi connectivity index (χ3n) is 16.4. The average molecular weight is 1390 g/mol. The van der Waals surface area contributed by atoms with E-state index < -0.39 is 52.0 Å². The zero-order valence-corrected chi connectivity index (χ0v) is 61.6. The lowest BCUT2D eigenvalue weighted by molar-refractivity contribution is 0.0939. The molecule has 2 fully saturated rings. The molecule has 0 unspecified atom stereocenters. The molecule has 0 radical (unpaired) electrons. The number of sulfone groups is 2. The minimum Gasteiger partial charge on any atom is -0.361 e. The molecule has 6 aromatic heterocycles. The van der Waals surface area contributed by atoms with Crippen molar-refractivity contribution < 1.29 is 35.8 Å². The third-order valence-corrected chi connectivity index (χ3v) is 27.4. The number of para-hydroxylation sites is 2. The second-order valence-electron chi connectivity index (χ2n) is 28.9. The second-order valence-corrected chi connectivity index (χ2v) is 56.8. The SMILES string of the molecule is C[Si](C)(C)CCOCN(COCC[Si](C)(C)C)c1c(Br)c(C2CCS(=O)(=O)CC2)nc2c(-c3cnc4ccccc4c3)cnn12.C[Si](C)(C)CCOCN(COCC[Si](C)(C)C)c1cc(C2CCS(=O)(=O)CC2)nc2c(-c3cnc4ccccc4c3)cnn12. The summed E-state index contributed by atoms with van der Waals surface area (Å²) in [7, 11) is -11.1. The number of fused-ring (bicyclic) bond motifs is 4. The Kier molecular flexibility index (Phi) is 22.3. The van der Waals surface area contributed by atoms with Crippen molar-refractivity contribution in [3.05, 3.63) is 107 Å². The Bertz CT molecular complexity index is 3890. The Hall–Kier alpha value is -4.81. The first-order valence-electron chi connectivity index (χ1n) is 31.4. The van der Waals surface area contributed by atoms with Crippen LogP contribution in [0.5, 0.6) is 0 Å². The van der Waals surface area contributed by atoms with E-state index in [1.54, 1.807) is 0 Å². The number of halogens is 1. The number of aromatic nitrogens is 8. The Labute approximate surface area is 539 Å². The Morgan fingerprint density at radius 2 is 0.899 bits per heavy atom. The lowest BCUT2D eigenvalue weighted by Crippen LogP contribution is -2.34. The molecule has 482 valence electrons. The van der Waals surface area contributed by atoms with E-state index in [1.165, 1.54) is 0 Å². The molecule has 0 amide bonds. The smallest absolute Gasteiger partial charge is 0.165 e. The Balaban J connectivity index is 0.000000211. The largest absolute Gasteiger partial charge is 0.361 e. The fraction of sp³-hybridized carbons (Fsp3) is 0.531. The quantitative estimate of drug-likeness (QED) is 0.0281. The van der Waals surface area contributed by atoms with E-state index in [0.29, 0.717) is 84.7 Å². The molecule has 0 spiro atoms. The van der Waals surface area contributed by atoms with Crippen LogP contribution in [-0.2, 0) is 38.6 Å². The van der Waals surface area contributed by atoms with Gasteiger partial charge in [-0.25, -0.2) is 26.8 Å². The molecule has 8 aromatic rings. The lowest BCUT2D eigenvalue weighted by Gasteiger charge is -2.29. The molecule has 25 heteroatoms. The van der Waals surface area contributed by atoms with Gasteiger partial charge in [0.05, 0.1) is 56.6 Å². The highest BCUT2D eigenvalue weighted by molar-refractivity contribution is 9.10. The highest BCUT2D eigenvalue weighted by atomic mass is 79.9. The molecule has 0 atom stereocenters. The number of anilines is 2. The minimum atomic E-state index is -3.03. The zero-order chi connectivity index (χ0) is 63.9.